The van der Waals surface area contributed by atoms with Crippen molar-refractivity contribution in [2.45, 2.75) is 91.9 Å². The van der Waals surface area contributed by atoms with Crippen LogP contribution >= 0.6 is 11.3 Å². The van der Waals surface area contributed by atoms with Gasteiger partial charge in [-0.05, 0) is 96.5 Å². The first-order valence-corrected chi connectivity index (χ1v) is 19.1. The van der Waals surface area contributed by atoms with Gasteiger partial charge in [0, 0.05) is 64.9 Å². The molecule has 2 aromatic carbocycles. The molecule has 0 aliphatic heterocycles. The van der Waals surface area contributed by atoms with Gasteiger partial charge in [0.15, 0.2) is 5.78 Å². The Balaban J connectivity index is 0.000000197. The Labute approximate surface area is 304 Å². The number of carbonyl (C=O) groups excluding carboxylic acids is 1. The molecule has 255 valence electrons. The van der Waals surface area contributed by atoms with Crippen LogP contribution < -0.4 is 0 Å². The second-order valence-electron chi connectivity index (χ2n) is 16.3. The fraction of sp³-hybridized carbons (Fsp3) is 0.535. The number of carbonyl (C=O) groups is 1. The third-order valence-corrected chi connectivity index (χ3v) is 15.1. The van der Waals surface area contributed by atoms with Crippen molar-refractivity contribution in [3.05, 3.63) is 76.5 Å². The van der Waals surface area contributed by atoms with Gasteiger partial charge in [0.2, 0.25) is 0 Å². The summed E-state index contributed by atoms with van der Waals surface area (Å²) in [5, 5.41) is 13.7. The predicted molar refractivity (Wildman–Crippen MR) is 195 cm³/mol. The first kappa shape index (κ1) is 34.1. The summed E-state index contributed by atoms with van der Waals surface area (Å²) in [5.74, 6) is 8.25. The number of ketones is 1. The summed E-state index contributed by atoms with van der Waals surface area (Å²) in [6.07, 6.45) is 6.93. The largest absolute Gasteiger partial charge is 0.512 e. The van der Waals surface area contributed by atoms with Crippen molar-refractivity contribution in [1.29, 1.82) is 0 Å². The van der Waals surface area contributed by atoms with E-state index in [1.54, 1.807) is 10.4 Å². The van der Waals surface area contributed by atoms with E-state index in [-0.39, 0.29) is 48.9 Å². The maximum Gasteiger partial charge on any atom is 0.162 e. The summed E-state index contributed by atoms with van der Waals surface area (Å²) in [5.41, 5.74) is 5.90. The van der Waals surface area contributed by atoms with Crippen molar-refractivity contribution in [3.8, 4) is 11.3 Å². The van der Waals surface area contributed by atoms with Crippen LogP contribution in [0.2, 0.25) is 0 Å². The van der Waals surface area contributed by atoms with E-state index in [0.717, 1.165) is 72.4 Å². The van der Waals surface area contributed by atoms with Crippen molar-refractivity contribution in [2.24, 2.45) is 53.3 Å². The van der Waals surface area contributed by atoms with Crippen molar-refractivity contribution < 1.29 is 30.0 Å². The number of aliphatic hydroxyl groups is 1. The molecule has 5 heteroatoms. The van der Waals surface area contributed by atoms with Crippen LogP contribution in [-0.2, 0) is 35.7 Å². The minimum Gasteiger partial charge on any atom is -0.512 e. The smallest absolute Gasteiger partial charge is 0.162 e. The molecule has 1 N–H and O–H groups in total. The summed E-state index contributed by atoms with van der Waals surface area (Å²) in [6.45, 7) is 17.4. The maximum atomic E-state index is 11.7. The zero-order valence-corrected chi connectivity index (χ0v) is 32.9. The van der Waals surface area contributed by atoms with Crippen molar-refractivity contribution in [2.75, 3.05) is 0 Å². The van der Waals surface area contributed by atoms with Gasteiger partial charge in [-0.15, -0.1) is 40.5 Å². The van der Waals surface area contributed by atoms with Gasteiger partial charge in [-0.3, -0.25) is 9.78 Å². The summed E-state index contributed by atoms with van der Waals surface area (Å²) >= 11 is 2.09. The van der Waals surface area contributed by atoms with Crippen LogP contribution in [0, 0.1) is 66.3 Å². The van der Waals surface area contributed by atoms with Crippen LogP contribution in [0.15, 0.2) is 54.4 Å². The minimum atomic E-state index is 0. The van der Waals surface area contributed by atoms with Crippen LogP contribution in [0.25, 0.3) is 32.1 Å². The van der Waals surface area contributed by atoms with Crippen LogP contribution in [0.5, 0.6) is 0 Å². The molecule has 0 unspecified atom stereocenters. The molecule has 0 saturated heterocycles. The number of aryl methyl sites for hydroxylation is 1. The van der Waals surface area contributed by atoms with E-state index in [0.29, 0.717) is 5.41 Å². The predicted octanol–water partition coefficient (Wildman–Crippen LogP) is 11.0. The zero-order chi connectivity index (χ0) is 33.2. The molecule has 2 aromatic heterocycles. The van der Waals surface area contributed by atoms with Crippen LogP contribution in [0.1, 0.15) is 90.2 Å². The van der Waals surface area contributed by atoms with E-state index in [1.165, 1.54) is 38.4 Å². The SMILES string of the molecule is CCC(CC)C(=O)/C=C(\O)C(CC)CC.Cc1c(C23C4C5C6C4C2C6C53)sc2c(-c3[c-]c4ccccc4c(C(C)(C)C)c3)nccc12.[Ir]. The molecule has 6 fully saturated rings. The molecule has 3 nitrogen and oxygen atoms in total. The number of hydrogen-bond acceptors (Lipinski definition) is 4. The monoisotopic (exact) mass is 837 g/mol. The number of aliphatic hydroxyl groups excluding tert-OH is 1. The van der Waals surface area contributed by atoms with E-state index in [2.05, 4.69) is 81.5 Å². The van der Waals surface area contributed by atoms with Crippen molar-refractivity contribution in [3.63, 3.8) is 0 Å². The van der Waals surface area contributed by atoms with Gasteiger partial charge in [0.25, 0.3) is 0 Å². The van der Waals surface area contributed by atoms with Crippen LogP contribution in [0.3, 0.4) is 0 Å². The summed E-state index contributed by atoms with van der Waals surface area (Å²) in [7, 11) is 0. The summed E-state index contributed by atoms with van der Waals surface area (Å²) in [4.78, 5) is 18.4. The fourth-order valence-corrected chi connectivity index (χ4v) is 13.0. The topological polar surface area (TPSA) is 50.2 Å². The number of thiophene rings is 1. The molecule has 2 heterocycles. The quantitative estimate of drug-likeness (QED) is 0.104. The van der Waals surface area contributed by atoms with Gasteiger partial charge in [-0.25, -0.2) is 0 Å². The number of hydrogen-bond donors (Lipinski definition) is 1. The molecule has 6 saturated carbocycles. The van der Waals surface area contributed by atoms with Crippen molar-refractivity contribution >= 4 is 38.0 Å². The number of rotatable bonds is 9. The first-order valence-electron chi connectivity index (χ1n) is 18.3. The normalized spacial score (nSPS) is 30.0. The van der Waals surface area contributed by atoms with E-state index < -0.39 is 0 Å². The molecule has 6 aliphatic rings. The van der Waals surface area contributed by atoms with Gasteiger partial charge in [0.1, 0.15) is 0 Å². The molecule has 6 aliphatic carbocycles. The Morgan fingerprint density at radius 3 is 2.12 bits per heavy atom. The van der Waals surface area contributed by atoms with Gasteiger partial charge in [-0.1, -0.05) is 77.6 Å². The molecule has 0 bridgehead atoms. The molecular formula is C43H50IrNO2S-. The Bertz CT molecular complexity index is 1890. The van der Waals surface area contributed by atoms with Crippen molar-refractivity contribution in [1.82, 2.24) is 4.98 Å². The summed E-state index contributed by atoms with van der Waals surface area (Å²) < 4.78 is 1.39. The van der Waals surface area contributed by atoms with E-state index in [1.807, 2.05) is 33.9 Å². The third kappa shape index (κ3) is 4.26. The summed E-state index contributed by atoms with van der Waals surface area (Å²) in [6, 6.07) is 17.1. The van der Waals surface area contributed by atoms with Gasteiger partial charge in [-0.2, -0.15) is 0 Å². The first-order chi connectivity index (χ1) is 22.5. The van der Waals surface area contributed by atoms with Gasteiger partial charge in [0.05, 0.1) is 5.76 Å². The number of fused-ring (bicyclic) bond motifs is 2. The molecule has 48 heavy (non-hydrogen) atoms. The standard InChI is InChI=1S/C30H26NS.C13H24O2.Ir/c1-13-16-9-10-31-26(15-11-14-7-5-6-8-17(14)18(12-15)29(2,3)4)27(16)32-28(13)30-23-20-19-21(23)25(30)22(19)24(20)30;1-5-10(6-2)12(14)9-13(15)11(7-3)8-4;/h5-10,12,19-25H,1-4H3;9-11,14H,5-8H2,1-4H3;/q-1;;/b;12-9-;. The molecule has 10 rings (SSSR count). The maximum absolute atomic E-state index is 11.7. The third-order valence-electron chi connectivity index (χ3n) is 13.6. The van der Waals surface area contributed by atoms with E-state index in [4.69, 9.17) is 4.98 Å². The Kier molecular flexibility index (Phi) is 8.45. The minimum absolute atomic E-state index is 0. The average molecular weight is 837 g/mol. The number of aromatic nitrogens is 1. The second kappa shape index (κ2) is 11.9. The number of benzene rings is 2. The Morgan fingerprint density at radius 2 is 1.54 bits per heavy atom. The Morgan fingerprint density at radius 1 is 0.938 bits per heavy atom. The second-order valence-corrected chi connectivity index (χ2v) is 17.3. The van der Waals surface area contributed by atoms with E-state index >= 15 is 0 Å². The van der Waals surface area contributed by atoms with Crippen LogP contribution in [-0.4, -0.2) is 15.9 Å². The van der Waals surface area contributed by atoms with Gasteiger partial charge < -0.3 is 5.11 Å². The molecule has 0 amide bonds. The number of nitrogens with zero attached hydrogens (tertiary/aromatic N) is 1. The molecular weight excluding hydrogens is 787 g/mol. The molecule has 0 spiro atoms. The molecule has 0 atom stereocenters. The zero-order valence-electron chi connectivity index (χ0n) is 29.7. The average Bonchev–Trinajstić information content (AvgIpc) is 3.41. The van der Waals surface area contributed by atoms with E-state index in [9.17, 15) is 9.90 Å². The number of pyridine rings is 1. The van der Waals surface area contributed by atoms with Crippen LogP contribution in [0.4, 0.5) is 0 Å². The molecule has 4 aromatic rings. The molecule has 1 radical (unpaired) electrons. The van der Waals surface area contributed by atoms with Gasteiger partial charge >= 0.3 is 0 Å². The Hall–Kier alpha value is -2.33. The fourth-order valence-electron chi connectivity index (χ4n) is 11.4. The number of allylic oxidation sites excluding steroid dienone is 2.